The monoisotopic (exact) mass is 673 g/mol. The molecule has 11 rings (SSSR count). The molecule has 3 heteroatoms. The zero-order chi connectivity index (χ0) is 34.9. The Balaban J connectivity index is 1.24. The summed E-state index contributed by atoms with van der Waals surface area (Å²) in [6.07, 6.45) is 0. The average molecular weight is 674 g/mol. The van der Waals surface area contributed by atoms with Crippen LogP contribution in [0.3, 0.4) is 0 Å². The summed E-state index contributed by atoms with van der Waals surface area (Å²) in [5, 5.41) is 9.73. The van der Waals surface area contributed by atoms with E-state index in [1.54, 1.807) is 0 Å². The molecule has 0 saturated carbocycles. The van der Waals surface area contributed by atoms with Crippen molar-refractivity contribution in [2.45, 2.75) is 5.41 Å². The standard InChI is InChI=1S/C50H31N3/c1-3-15-35(16-4-1)47-51-48(36-24-23-34-26-28-40-38-19-9-7-13-32(38)25-29-41(40)43(34)31-36)53-49(52-47)50(37-17-5-2-6-18-37)44-22-12-11-21-42(44)46-39-20-10-8-14-33(39)27-30-45(46)50/h1-31H. The van der Waals surface area contributed by atoms with Crippen LogP contribution in [0.4, 0.5) is 0 Å². The number of aromatic nitrogens is 3. The second kappa shape index (κ2) is 11.5. The van der Waals surface area contributed by atoms with E-state index in [4.69, 9.17) is 15.0 Å². The zero-order valence-corrected chi connectivity index (χ0v) is 28.7. The lowest BCUT2D eigenvalue weighted by molar-refractivity contribution is 0.692. The minimum Gasteiger partial charge on any atom is -0.211 e. The normalized spacial score (nSPS) is 14.9. The van der Waals surface area contributed by atoms with Crippen molar-refractivity contribution in [2.75, 3.05) is 0 Å². The molecular formula is C50H31N3. The molecule has 3 nitrogen and oxygen atoms in total. The first-order valence-electron chi connectivity index (χ1n) is 18.1. The molecule has 0 saturated heterocycles. The highest BCUT2D eigenvalue weighted by Crippen LogP contribution is 2.57. The highest BCUT2D eigenvalue weighted by atomic mass is 15.0. The molecule has 0 fully saturated rings. The predicted molar refractivity (Wildman–Crippen MR) is 218 cm³/mol. The maximum atomic E-state index is 5.55. The molecule has 1 unspecified atom stereocenters. The van der Waals surface area contributed by atoms with Gasteiger partial charge in [-0.2, -0.15) is 0 Å². The Hall–Kier alpha value is -6.97. The third-order valence-corrected chi connectivity index (χ3v) is 11.1. The maximum absolute atomic E-state index is 5.55. The maximum Gasteiger partial charge on any atom is 0.163 e. The van der Waals surface area contributed by atoms with Gasteiger partial charge in [0.05, 0.1) is 0 Å². The quantitative estimate of drug-likeness (QED) is 0.175. The Morgan fingerprint density at radius 3 is 1.70 bits per heavy atom. The van der Waals surface area contributed by atoms with Crippen LogP contribution in [0.5, 0.6) is 0 Å². The summed E-state index contributed by atoms with van der Waals surface area (Å²) in [7, 11) is 0. The van der Waals surface area contributed by atoms with Gasteiger partial charge in [-0.05, 0) is 77.0 Å². The number of rotatable bonds is 4. The average Bonchev–Trinajstić information content (AvgIpc) is 3.55. The lowest BCUT2D eigenvalue weighted by atomic mass is 9.71. The third-order valence-electron chi connectivity index (χ3n) is 11.1. The molecule has 0 amide bonds. The van der Waals surface area contributed by atoms with Gasteiger partial charge in [-0.15, -0.1) is 0 Å². The summed E-state index contributed by atoms with van der Waals surface area (Å²) in [5.41, 5.74) is 7.01. The smallest absolute Gasteiger partial charge is 0.163 e. The van der Waals surface area contributed by atoms with Crippen LogP contribution in [0.25, 0.3) is 77.0 Å². The van der Waals surface area contributed by atoms with Gasteiger partial charge < -0.3 is 0 Å². The van der Waals surface area contributed by atoms with Gasteiger partial charge in [0.2, 0.25) is 0 Å². The van der Waals surface area contributed by atoms with Gasteiger partial charge >= 0.3 is 0 Å². The number of hydrogen-bond donors (Lipinski definition) is 0. The van der Waals surface area contributed by atoms with Gasteiger partial charge in [0.25, 0.3) is 0 Å². The molecule has 0 aliphatic heterocycles. The summed E-state index contributed by atoms with van der Waals surface area (Å²) < 4.78 is 0. The molecule has 246 valence electrons. The Kier molecular flexibility index (Phi) is 6.47. The molecule has 1 aromatic heterocycles. The highest BCUT2D eigenvalue weighted by molar-refractivity contribution is 6.17. The molecule has 1 aliphatic carbocycles. The number of fused-ring (bicyclic) bond motifs is 10. The van der Waals surface area contributed by atoms with Gasteiger partial charge in [-0.25, -0.2) is 15.0 Å². The van der Waals surface area contributed by atoms with Crippen molar-refractivity contribution in [3.63, 3.8) is 0 Å². The van der Waals surface area contributed by atoms with Crippen LogP contribution in [0, 0.1) is 0 Å². The van der Waals surface area contributed by atoms with Crippen LogP contribution in [-0.2, 0) is 5.41 Å². The molecule has 0 radical (unpaired) electrons. The van der Waals surface area contributed by atoms with E-state index in [9.17, 15) is 0 Å². The van der Waals surface area contributed by atoms with Crippen molar-refractivity contribution < 1.29 is 0 Å². The second-order valence-electron chi connectivity index (χ2n) is 13.9. The molecule has 1 heterocycles. The summed E-state index contributed by atoms with van der Waals surface area (Å²) in [5.74, 6) is 2.00. The van der Waals surface area contributed by atoms with E-state index in [1.807, 2.05) is 18.2 Å². The fourth-order valence-corrected chi connectivity index (χ4v) is 8.76. The molecule has 1 aliphatic rings. The second-order valence-corrected chi connectivity index (χ2v) is 13.9. The minimum absolute atomic E-state index is 0.649. The van der Waals surface area contributed by atoms with Gasteiger partial charge in [-0.1, -0.05) is 182 Å². The molecule has 0 spiro atoms. The van der Waals surface area contributed by atoms with Crippen molar-refractivity contribution in [2.24, 2.45) is 0 Å². The predicted octanol–water partition coefficient (Wildman–Crippen LogP) is 12.2. The van der Waals surface area contributed by atoms with Gasteiger partial charge in [0, 0.05) is 11.1 Å². The van der Waals surface area contributed by atoms with Crippen LogP contribution in [-0.4, -0.2) is 15.0 Å². The fourth-order valence-electron chi connectivity index (χ4n) is 8.76. The summed E-state index contributed by atoms with van der Waals surface area (Å²) in [6, 6.07) is 67.2. The molecule has 10 aromatic rings. The molecule has 1 atom stereocenters. The van der Waals surface area contributed by atoms with Crippen LogP contribution in [0.1, 0.15) is 22.5 Å². The van der Waals surface area contributed by atoms with Crippen molar-refractivity contribution in [1.82, 2.24) is 15.0 Å². The molecule has 9 aromatic carbocycles. The van der Waals surface area contributed by atoms with Gasteiger partial charge in [-0.3, -0.25) is 0 Å². The van der Waals surface area contributed by atoms with Gasteiger partial charge in [0.1, 0.15) is 5.41 Å². The van der Waals surface area contributed by atoms with Crippen LogP contribution in [0.15, 0.2) is 188 Å². The van der Waals surface area contributed by atoms with Crippen LogP contribution >= 0.6 is 0 Å². The van der Waals surface area contributed by atoms with E-state index in [1.165, 1.54) is 65.3 Å². The van der Waals surface area contributed by atoms with Crippen molar-refractivity contribution >= 4 is 43.1 Å². The van der Waals surface area contributed by atoms with Crippen molar-refractivity contribution in [3.05, 3.63) is 211 Å². The van der Waals surface area contributed by atoms with Crippen molar-refractivity contribution in [1.29, 1.82) is 0 Å². The molecule has 0 N–H and O–H groups in total. The number of hydrogen-bond acceptors (Lipinski definition) is 3. The van der Waals surface area contributed by atoms with E-state index in [-0.39, 0.29) is 0 Å². The van der Waals surface area contributed by atoms with Crippen LogP contribution in [0.2, 0.25) is 0 Å². The topological polar surface area (TPSA) is 38.7 Å². The third kappa shape index (κ3) is 4.38. The number of nitrogens with zero attached hydrogens (tertiary/aromatic N) is 3. The summed E-state index contributed by atoms with van der Waals surface area (Å²) >= 11 is 0. The Morgan fingerprint density at radius 2 is 0.906 bits per heavy atom. The Labute approximate surface area is 306 Å². The molecular weight excluding hydrogens is 643 g/mol. The largest absolute Gasteiger partial charge is 0.211 e. The van der Waals surface area contributed by atoms with E-state index in [0.717, 1.165) is 16.7 Å². The van der Waals surface area contributed by atoms with E-state index in [2.05, 4.69) is 170 Å². The van der Waals surface area contributed by atoms with E-state index in [0.29, 0.717) is 17.5 Å². The summed E-state index contributed by atoms with van der Waals surface area (Å²) in [4.78, 5) is 16.3. The molecule has 0 bridgehead atoms. The highest BCUT2D eigenvalue weighted by Gasteiger charge is 2.49. The summed E-state index contributed by atoms with van der Waals surface area (Å²) in [6.45, 7) is 0. The first kappa shape index (κ1) is 29.7. The van der Waals surface area contributed by atoms with Crippen molar-refractivity contribution in [3.8, 4) is 33.9 Å². The van der Waals surface area contributed by atoms with E-state index >= 15 is 0 Å². The first-order valence-corrected chi connectivity index (χ1v) is 18.1. The zero-order valence-electron chi connectivity index (χ0n) is 28.7. The van der Waals surface area contributed by atoms with Crippen LogP contribution < -0.4 is 0 Å². The fraction of sp³-hybridized carbons (Fsp3) is 0.0200. The molecule has 53 heavy (non-hydrogen) atoms. The Bertz CT molecular complexity index is 3060. The lowest BCUT2D eigenvalue weighted by Gasteiger charge is -2.32. The Morgan fingerprint density at radius 1 is 0.340 bits per heavy atom. The van der Waals surface area contributed by atoms with Gasteiger partial charge in [0.15, 0.2) is 17.5 Å². The minimum atomic E-state index is -0.791. The first-order chi connectivity index (χ1) is 26.3. The lowest BCUT2D eigenvalue weighted by Crippen LogP contribution is -2.31. The SMILES string of the molecule is c1ccc(-c2nc(-c3ccc4ccc5c6ccccc6ccc5c4c3)nc(C3(c4ccccc4)c4ccccc4-c4c3ccc3ccccc43)n2)cc1. The number of benzene rings is 9. The van der Waals surface area contributed by atoms with E-state index < -0.39 is 5.41 Å².